The molecule has 6 nitrogen and oxygen atoms in total. The fraction of sp³-hybridized carbons (Fsp3) is 0.167. The Kier molecular flexibility index (Phi) is 4.67. The predicted molar refractivity (Wildman–Crippen MR) is 70.9 cm³/mol. The number of carboxylic acid groups (broad SMARTS) is 1. The van der Waals surface area contributed by atoms with Gasteiger partial charge in [-0.2, -0.15) is 5.26 Å². The number of aryl methyl sites for hydroxylation is 1. The summed E-state index contributed by atoms with van der Waals surface area (Å²) in [4.78, 5) is 10.4. The highest BCUT2D eigenvalue weighted by Crippen LogP contribution is 2.18. The van der Waals surface area contributed by atoms with E-state index in [0.29, 0.717) is 16.8 Å². The summed E-state index contributed by atoms with van der Waals surface area (Å²) in [6, 6.07) is 6.31. The van der Waals surface area contributed by atoms with E-state index in [-0.39, 0.29) is 0 Å². The van der Waals surface area contributed by atoms with Gasteiger partial charge in [-0.1, -0.05) is 6.07 Å². The van der Waals surface area contributed by atoms with Gasteiger partial charge in [0.25, 0.3) is 0 Å². The fourth-order valence-electron chi connectivity index (χ4n) is 1.36. The summed E-state index contributed by atoms with van der Waals surface area (Å²) in [5, 5.41) is 16.9. The van der Waals surface area contributed by atoms with Crippen molar-refractivity contribution in [3.8, 4) is 6.07 Å². The standard InChI is InChI=1S/C12H12N2O4S/c1-9-8-10(3-5-12(15)16)2-4-11(9)14-19(17,18)7-6-13/h2-5,8,14H,7H2,1H3,(H,15,16). The largest absolute Gasteiger partial charge is 0.478 e. The van der Waals surface area contributed by atoms with Crippen LogP contribution in [0, 0.1) is 18.3 Å². The summed E-state index contributed by atoms with van der Waals surface area (Å²) in [5.74, 6) is -1.68. The van der Waals surface area contributed by atoms with E-state index in [1.165, 1.54) is 12.1 Å². The third-order valence-electron chi connectivity index (χ3n) is 2.19. The summed E-state index contributed by atoms with van der Waals surface area (Å²) in [6.07, 6.45) is 2.40. The van der Waals surface area contributed by atoms with Crippen LogP contribution in [-0.4, -0.2) is 25.2 Å². The molecule has 19 heavy (non-hydrogen) atoms. The third kappa shape index (κ3) is 4.81. The fourth-order valence-corrected chi connectivity index (χ4v) is 2.17. The zero-order valence-electron chi connectivity index (χ0n) is 10.1. The van der Waals surface area contributed by atoms with Crippen LogP contribution in [0.4, 0.5) is 5.69 Å². The van der Waals surface area contributed by atoms with Crippen LogP contribution in [0.3, 0.4) is 0 Å². The van der Waals surface area contributed by atoms with E-state index in [4.69, 9.17) is 10.4 Å². The second kappa shape index (κ2) is 6.02. The molecule has 7 heteroatoms. The number of carboxylic acids is 1. The molecule has 0 amide bonds. The van der Waals surface area contributed by atoms with Crippen molar-refractivity contribution in [2.45, 2.75) is 6.92 Å². The highest BCUT2D eigenvalue weighted by molar-refractivity contribution is 7.92. The lowest BCUT2D eigenvalue weighted by atomic mass is 10.1. The van der Waals surface area contributed by atoms with Crippen molar-refractivity contribution >= 4 is 27.8 Å². The number of benzene rings is 1. The molecule has 100 valence electrons. The number of aliphatic carboxylic acids is 1. The normalized spacial score (nSPS) is 11.2. The van der Waals surface area contributed by atoms with Crippen molar-refractivity contribution in [1.29, 1.82) is 5.26 Å². The van der Waals surface area contributed by atoms with Gasteiger partial charge in [0.1, 0.15) is 0 Å². The monoisotopic (exact) mass is 280 g/mol. The maximum absolute atomic E-state index is 11.4. The SMILES string of the molecule is Cc1cc(C=CC(=O)O)ccc1NS(=O)(=O)CC#N. The quantitative estimate of drug-likeness (QED) is 0.792. The molecule has 0 aliphatic heterocycles. The van der Waals surface area contributed by atoms with Crippen LogP contribution < -0.4 is 4.72 Å². The topological polar surface area (TPSA) is 107 Å². The number of nitrogens with zero attached hydrogens (tertiary/aromatic N) is 1. The van der Waals surface area contributed by atoms with Crippen molar-refractivity contribution in [1.82, 2.24) is 0 Å². The van der Waals surface area contributed by atoms with Crippen molar-refractivity contribution in [3.05, 3.63) is 35.4 Å². The van der Waals surface area contributed by atoms with Crippen LogP contribution in [0.15, 0.2) is 24.3 Å². The Morgan fingerprint density at radius 2 is 2.21 bits per heavy atom. The Hall–Kier alpha value is -2.33. The number of rotatable bonds is 5. The van der Waals surface area contributed by atoms with E-state index >= 15 is 0 Å². The van der Waals surface area contributed by atoms with Gasteiger partial charge in [0.2, 0.25) is 10.0 Å². The molecule has 0 aromatic heterocycles. The molecule has 1 aromatic carbocycles. The molecule has 0 unspecified atom stereocenters. The van der Waals surface area contributed by atoms with Crippen molar-refractivity contribution < 1.29 is 18.3 Å². The van der Waals surface area contributed by atoms with Gasteiger partial charge in [-0.15, -0.1) is 0 Å². The van der Waals surface area contributed by atoms with E-state index in [1.807, 2.05) is 0 Å². The van der Waals surface area contributed by atoms with Crippen LogP contribution in [0.5, 0.6) is 0 Å². The van der Waals surface area contributed by atoms with Crippen LogP contribution in [0.25, 0.3) is 6.08 Å². The maximum atomic E-state index is 11.4. The van der Waals surface area contributed by atoms with Crippen LogP contribution in [0.2, 0.25) is 0 Å². The minimum absolute atomic E-state index is 0.364. The Morgan fingerprint density at radius 3 is 2.74 bits per heavy atom. The number of nitriles is 1. The Balaban J connectivity index is 2.96. The first-order valence-electron chi connectivity index (χ1n) is 5.23. The molecule has 0 radical (unpaired) electrons. The smallest absolute Gasteiger partial charge is 0.328 e. The molecule has 1 rings (SSSR count). The van der Waals surface area contributed by atoms with E-state index in [2.05, 4.69) is 4.72 Å². The van der Waals surface area contributed by atoms with Gasteiger partial charge >= 0.3 is 5.97 Å². The minimum atomic E-state index is -3.67. The minimum Gasteiger partial charge on any atom is -0.478 e. The molecule has 0 saturated carbocycles. The number of hydrogen-bond donors (Lipinski definition) is 2. The summed E-state index contributed by atoms with van der Waals surface area (Å²) in [6.45, 7) is 1.68. The zero-order chi connectivity index (χ0) is 14.5. The Morgan fingerprint density at radius 1 is 1.53 bits per heavy atom. The molecule has 0 aliphatic rings. The molecule has 2 N–H and O–H groups in total. The second-order valence-electron chi connectivity index (χ2n) is 3.77. The molecule has 0 heterocycles. The lowest BCUT2D eigenvalue weighted by Gasteiger charge is -2.09. The first kappa shape index (κ1) is 14.7. The number of carbonyl (C=O) groups is 1. The van der Waals surface area contributed by atoms with E-state index < -0.39 is 21.7 Å². The molecule has 0 aliphatic carbocycles. The molecule has 0 saturated heterocycles. The molecule has 0 spiro atoms. The first-order chi connectivity index (χ1) is 8.84. The molecule has 1 aromatic rings. The van der Waals surface area contributed by atoms with Gasteiger partial charge in [-0.3, -0.25) is 4.72 Å². The van der Waals surface area contributed by atoms with Gasteiger partial charge in [-0.05, 0) is 36.3 Å². The Bertz CT molecular complexity index is 657. The number of sulfonamides is 1. The molecular formula is C12H12N2O4S. The second-order valence-corrected chi connectivity index (χ2v) is 5.49. The molecular weight excluding hydrogens is 268 g/mol. The van der Waals surface area contributed by atoms with Gasteiger partial charge in [0, 0.05) is 6.08 Å². The van der Waals surface area contributed by atoms with Crippen molar-refractivity contribution in [2.24, 2.45) is 0 Å². The average molecular weight is 280 g/mol. The number of hydrogen-bond acceptors (Lipinski definition) is 4. The third-order valence-corrected chi connectivity index (χ3v) is 3.23. The highest BCUT2D eigenvalue weighted by atomic mass is 32.2. The Labute approximate surface area is 111 Å². The molecule has 0 atom stereocenters. The average Bonchev–Trinajstić information content (AvgIpc) is 2.29. The van der Waals surface area contributed by atoms with Crippen molar-refractivity contribution in [2.75, 3.05) is 10.5 Å². The predicted octanol–water partition coefficient (Wildman–Crippen LogP) is 1.36. The van der Waals surface area contributed by atoms with Crippen LogP contribution >= 0.6 is 0 Å². The summed E-state index contributed by atoms with van der Waals surface area (Å²) < 4.78 is 25.1. The lowest BCUT2D eigenvalue weighted by Crippen LogP contribution is -2.16. The van der Waals surface area contributed by atoms with Crippen LogP contribution in [-0.2, 0) is 14.8 Å². The van der Waals surface area contributed by atoms with E-state index in [1.54, 1.807) is 25.1 Å². The zero-order valence-corrected chi connectivity index (χ0v) is 10.9. The lowest BCUT2D eigenvalue weighted by molar-refractivity contribution is -0.131. The summed E-state index contributed by atoms with van der Waals surface area (Å²) in [7, 11) is -3.67. The van der Waals surface area contributed by atoms with Gasteiger partial charge < -0.3 is 5.11 Å². The highest BCUT2D eigenvalue weighted by Gasteiger charge is 2.10. The summed E-state index contributed by atoms with van der Waals surface area (Å²) in [5.41, 5.74) is 1.64. The number of anilines is 1. The van der Waals surface area contributed by atoms with Gasteiger partial charge in [0.15, 0.2) is 5.75 Å². The first-order valence-corrected chi connectivity index (χ1v) is 6.88. The molecule has 0 fully saturated rings. The van der Waals surface area contributed by atoms with E-state index in [9.17, 15) is 13.2 Å². The van der Waals surface area contributed by atoms with Crippen molar-refractivity contribution in [3.63, 3.8) is 0 Å². The molecule has 0 bridgehead atoms. The summed E-state index contributed by atoms with van der Waals surface area (Å²) >= 11 is 0. The van der Waals surface area contributed by atoms with Crippen LogP contribution in [0.1, 0.15) is 11.1 Å². The maximum Gasteiger partial charge on any atom is 0.328 e. The van der Waals surface area contributed by atoms with Gasteiger partial charge in [0.05, 0.1) is 11.8 Å². The number of nitrogens with one attached hydrogen (secondary N) is 1. The van der Waals surface area contributed by atoms with Gasteiger partial charge in [-0.25, -0.2) is 13.2 Å². The van der Waals surface area contributed by atoms with E-state index in [0.717, 1.165) is 6.08 Å².